The van der Waals surface area contributed by atoms with E-state index in [0.717, 1.165) is 11.5 Å². The molecule has 1 unspecified atom stereocenters. The molecule has 74 valence electrons. The minimum Gasteiger partial charge on any atom is -0.267 e. The number of aromatic nitrogens is 1. The van der Waals surface area contributed by atoms with Crippen molar-refractivity contribution < 1.29 is 4.84 Å². The Kier molecular flexibility index (Phi) is 2.50. The second kappa shape index (κ2) is 3.80. The Morgan fingerprint density at radius 3 is 3.07 bits per heavy atom. The summed E-state index contributed by atoms with van der Waals surface area (Å²) in [6.07, 6.45) is 4.14. The fraction of sp³-hybridized carbons (Fsp3) is 0.364. The molecule has 0 N–H and O–H groups in total. The summed E-state index contributed by atoms with van der Waals surface area (Å²) in [4.78, 5) is 9.93. The molecule has 0 spiro atoms. The molecular formula is C11H14N2O. The Morgan fingerprint density at radius 1 is 1.50 bits per heavy atom. The van der Waals surface area contributed by atoms with Gasteiger partial charge < -0.3 is 0 Å². The summed E-state index contributed by atoms with van der Waals surface area (Å²) in [7, 11) is 0. The van der Waals surface area contributed by atoms with Crippen molar-refractivity contribution in [2.75, 3.05) is 11.7 Å². The summed E-state index contributed by atoms with van der Waals surface area (Å²) < 4.78 is 0. The van der Waals surface area contributed by atoms with Crippen molar-refractivity contribution in [2.45, 2.75) is 19.9 Å². The fourth-order valence-corrected chi connectivity index (χ4v) is 1.50. The standard InChI is InChI=1S/C11H14N2O/c1-9-5-3-7-11(12-9)13-10(2)6-4-8-14-13/h3-7,10H,8H2,1-2H3. The largest absolute Gasteiger partial charge is 0.267 e. The summed E-state index contributed by atoms with van der Waals surface area (Å²) in [6, 6.07) is 6.18. The summed E-state index contributed by atoms with van der Waals surface area (Å²) >= 11 is 0. The predicted octanol–water partition coefficient (Wildman–Crippen LogP) is 2.09. The maximum absolute atomic E-state index is 5.52. The summed E-state index contributed by atoms with van der Waals surface area (Å²) in [5, 5.41) is 1.84. The zero-order chi connectivity index (χ0) is 9.97. The molecule has 1 aromatic rings. The molecule has 0 aliphatic carbocycles. The fourth-order valence-electron chi connectivity index (χ4n) is 1.50. The third-order valence-electron chi connectivity index (χ3n) is 2.19. The van der Waals surface area contributed by atoms with Gasteiger partial charge in [0, 0.05) is 5.69 Å². The molecule has 3 heteroatoms. The number of anilines is 1. The normalized spacial score (nSPS) is 21.3. The van der Waals surface area contributed by atoms with Gasteiger partial charge in [0.25, 0.3) is 0 Å². The molecule has 0 amide bonds. The van der Waals surface area contributed by atoms with Gasteiger partial charge in [-0.2, -0.15) is 0 Å². The van der Waals surface area contributed by atoms with Crippen LogP contribution in [0, 0.1) is 6.92 Å². The van der Waals surface area contributed by atoms with Crippen molar-refractivity contribution >= 4 is 5.82 Å². The van der Waals surface area contributed by atoms with Crippen LogP contribution < -0.4 is 5.06 Å². The topological polar surface area (TPSA) is 25.4 Å². The zero-order valence-corrected chi connectivity index (χ0v) is 8.47. The Hall–Kier alpha value is -1.35. The number of nitrogens with zero attached hydrogens (tertiary/aromatic N) is 2. The molecule has 3 nitrogen and oxygen atoms in total. The minimum absolute atomic E-state index is 0.248. The predicted molar refractivity (Wildman–Crippen MR) is 56.0 cm³/mol. The van der Waals surface area contributed by atoms with E-state index in [1.807, 2.05) is 36.3 Å². The lowest BCUT2D eigenvalue weighted by molar-refractivity contribution is 0.111. The maximum atomic E-state index is 5.52. The molecular weight excluding hydrogens is 176 g/mol. The number of aryl methyl sites for hydroxylation is 1. The lowest BCUT2D eigenvalue weighted by Gasteiger charge is -2.29. The summed E-state index contributed by atoms with van der Waals surface area (Å²) in [5.74, 6) is 0.877. The minimum atomic E-state index is 0.248. The van der Waals surface area contributed by atoms with Gasteiger partial charge in [-0.3, -0.25) is 4.84 Å². The number of hydrogen-bond acceptors (Lipinski definition) is 3. The van der Waals surface area contributed by atoms with Crippen LogP contribution in [0.4, 0.5) is 5.82 Å². The average Bonchev–Trinajstić information content (AvgIpc) is 2.18. The van der Waals surface area contributed by atoms with Gasteiger partial charge in [-0.25, -0.2) is 10.0 Å². The van der Waals surface area contributed by atoms with Crippen LogP contribution in [0.15, 0.2) is 30.4 Å². The lowest BCUT2D eigenvalue weighted by Crippen LogP contribution is -2.35. The van der Waals surface area contributed by atoms with E-state index in [1.165, 1.54) is 0 Å². The van der Waals surface area contributed by atoms with Gasteiger partial charge in [0.2, 0.25) is 0 Å². The van der Waals surface area contributed by atoms with Crippen molar-refractivity contribution in [2.24, 2.45) is 0 Å². The average molecular weight is 190 g/mol. The van der Waals surface area contributed by atoms with Crippen LogP contribution in [0.3, 0.4) is 0 Å². The molecule has 0 saturated heterocycles. The second-order valence-electron chi connectivity index (χ2n) is 3.43. The van der Waals surface area contributed by atoms with Crippen LogP contribution in [0.1, 0.15) is 12.6 Å². The third-order valence-corrected chi connectivity index (χ3v) is 2.19. The van der Waals surface area contributed by atoms with Gasteiger partial charge in [0.1, 0.15) is 0 Å². The molecule has 2 rings (SSSR count). The molecule has 0 radical (unpaired) electrons. The van der Waals surface area contributed by atoms with Crippen LogP contribution >= 0.6 is 0 Å². The van der Waals surface area contributed by atoms with Crippen LogP contribution in [-0.2, 0) is 4.84 Å². The molecule has 0 fully saturated rings. The van der Waals surface area contributed by atoms with Gasteiger partial charge in [0.15, 0.2) is 5.82 Å². The molecule has 0 saturated carbocycles. The molecule has 1 atom stereocenters. The van der Waals surface area contributed by atoms with Gasteiger partial charge in [-0.1, -0.05) is 18.2 Å². The Bertz CT molecular complexity index is 349. The molecule has 1 aliphatic rings. The maximum Gasteiger partial charge on any atom is 0.153 e. The first-order valence-corrected chi connectivity index (χ1v) is 4.80. The molecule has 0 bridgehead atoms. The van der Waals surface area contributed by atoms with Gasteiger partial charge in [0.05, 0.1) is 12.6 Å². The van der Waals surface area contributed by atoms with Crippen molar-refractivity contribution in [1.29, 1.82) is 0 Å². The molecule has 14 heavy (non-hydrogen) atoms. The first kappa shape index (κ1) is 9.21. The third kappa shape index (κ3) is 1.77. The van der Waals surface area contributed by atoms with Crippen molar-refractivity contribution in [3.8, 4) is 0 Å². The highest BCUT2D eigenvalue weighted by atomic mass is 16.7. The zero-order valence-electron chi connectivity index (χ0n) is 8.47. The quantitative estimate of drug-likeness (QED) is 0.634. The van der Waals surface area contributed by atoms with Crippen LogP contribution in [-0.4, -0.2) is 17.6 Å². The molecule has 2 heterocycles. The number of hydroxylamine groups is 1. The smallest absolute Gasteiger partial charge is 0.153 e. The molecule has 1 aliphatic heterocycles. The van der Waals surface area contributed by atoms with E-state index in [1.54, 1.807) is 0 Å². The monoisotopic (exact) mass is 190 g/mol. The number of rotatable bonds is 1. The van der Waals surface area contributed by atoms with E-state index in [-0.39, 0.29) is 6.04 Å². The highest BCUT2D eigenvalue weighted by Gasteiger charge is 2.16. The van der Waals surface area contributed by atoms with Crippen molar-refractivity contribution in [3.05, 3.63) is 36.0 Å². The SMILES string of the molecule is Cc1cccc(N2OCC=CC2C)n1. The van der Waals surface area contributed by atoms with Crippen molar-refractivity contribution in [1.82, 2.24) is 4.98 Å². The van der Waals surface area contributed by atoms with Crippen LogP contribution in [0.25, 0.3) is 0 Å². The van der Waals surface area contributed by atoms with Crippen molar-refractivity contribution in [3.63, 3.8) is 0 Å². The van der Waals surface area contributed by atoms with Gasteiger partial charge in [-0.05, 0) is 26.0 Å². The number of pyridine rings is 1. The Morgan fingerprint density at radius 2 is 2.36 bits per heavy atom. The van der Waals surface area contributed by atoms with Gasteiger partial charge >= 0.3 is 0 Å². The molecule has 0 aromatic carbocycles. The van der Waals surface area contributed by atoms with Gasteiger partial charge in [-0.15, -0.1) is 0 Å². The van der Waals surface area contributed by atoms with E-state index < -0.39 is 0 Å². The Balaban J connectivity index is 2.26. The van der Waals surface area contributed by atoms with Crippen LogP contribution in [0.5, 0.6) is 0 Å². The van der Waals surface area contributed by atoms with E-state index in [2.05, 4.69) is 18.0 Å². The van der Waals surface area contributed by atoms with E-state index in [9.17, 15) is 0 Å². The van der Waals surface area contributed by atoms with E-state index in [0.29, 0.717) is 6.61 Å². The summed E-state index contributed by atoms with van der Waals surface area (Å²) in [6.45, 7) is 4.69. The molecule has 1 aromatic heterocycles. The highest BCUT2D eigenvalue weighted by Crippen LogP contribution is 2.18. The first-order valence-electron chi connectivity index (χ1n) is 4.80. The first-order chi connectivity index (χ1) is 6.77. The number of hydrogen-bond donors (Lipinski definition) is 0. The van der Waals surface area contributed by atoms with E-state index in [4.69, 9.17) is 4.84 Å². The lowest BCUT2D eigenvalue weighted by atomic mass is 10.2. The van der Waals surface area contributed by atoms with E-state index >= 15 is 0 Å². The highest BCUT2D eigenvalue weighted by molar-refractivity contribution is 5.39. The summed E-state index contributed by atoms with van der Waals surface area (Å²) in [5.41, 5.74) is 1.01. The van der Waals surface area contributed by atoms with Crippen LogP contribution in [0.2, 0.25) is 0 Å². The second-order valence-corrected chi connectivity index (χ2v) is 3.43. The Labute approximate surface area is 84.0 Å².